The first-order chi connectivity index (χ1) is 18.3. The lowest BCUT2D eigenvalue weighted by molar-refractivity contribution is -0.132. The smallest absolute Gasteiger partial charge is 0.331 e. The van der Waals surface area contributed by atoms with Gasteiger partial charge in [-0.15, -0.1) is 11.3 Å². The predicted octanol–water partition coefficient (Wildman–Crippen LogP) is 7.22. The van der Waals surface area contributed by atoms with E-state index in [1.807, 2.05) is 23.6 Å². The van der Waals surface area contributed by atoms with Crippen molar-refractivity contribution < 1.29 is 24.2 Å². The van der Waals surface area contributed by atoms with E-state index in [4.69, 9.17) is 37.8 Å². The topological polar surface area (TPSA) is 97.8 Å². The molecule has 4 rings (SSSR count). The number of para-hydroxylation sites is 1. The van der Waals surface area contributed by atoms with Gasteiger partial charge >= 0.3 is 5.97 Å². The standard InChI is InChI=1S/C28H28Cl2N2O5S/c1-16(27(34)35)11-21-22(29)12-19(13-23(21)30)26(33)32-28-31-24(15-38-28)20-7-3-5-18(25(20)36-2)6-4-10-37-14-17-8-9-17/h3,5,7,11-13,15,17H,4,6,8-10,14H2,1-2H3,(H,34,35)(H,31,32,33)/b16-11+. The van der Waals surface area contributed by atoms with Gasteiger partial charge in [0, 0.05) is 40.9 Å². The summed E-state index contributed by atoms with van der Waals surface area (Å²) < 4.78 is 11.5. The number of nitrogens with zero attached hydrogens (tertiary/aromatic N) is 1. The van der Waals surface area contributed by atoms with Crippen molar-refractivity contribution in [1.29, 1.82) is 0 Å². The summed E-state index contributed by atoms with van der Waals surface area (Å²) in [5.74, 6) is -0.00630. The van der Waals surface area contributed by atoms with E-state index in [0.717, 1.165) is 48.8 Å². The van der Waals surface area contributed by atoms with E-state index < -0.39 is 11.9 Å². The number of benzene rings is 2. The summed E-state index contributed by atoms with van der Waals surface area (Å²) in [7, 11) is 1.64. The van der Waals surface area contributed by atoms with Gasteiger partial charge in [-0.25, -0.2) is 9.78 Å². The number of nitrogens with one attached hydrogen (secondary N) is 1. The lowest BCUT2D eigenvalue weighted by atomic mass is 10.0. The molecule has 0 saturated heterocycles. The van der Waals surface area contributed by atoms with E-state index in [1.165, 1.54) is 49.3 Å². The van der Waals surface area contributed by atoms with Crippen LogP contribution in [0.4, 0.5) is 5.13 Å². The zero-order chi connectivity index (χ0) is 27.2. The second-order valence-electron chi connectivity index (χ2n) is 9.10. The lowest BCUT2D eigenvalue weighted by Crippen LogP contribution is -2.12. The number of rotatable bonds is 12. The number of ether oxygens (including phenoxy) is 2. The number of aromatic nitrogens is 1. The first-order valence-corrected chi connectivity index (χ1v) is 13.8. The molecule has 1 aliphatic carbocycles. The number of aryl methyl sites for hydroxylation is 1. The van der Waals surface area contributed by atoms with Crippen molar-refractivity contribution in [2.45, 2.75) is 32.6 Å². The van der Waals surface area contributed by atoms with E-state index in [1.54, 1.807) is 7.11 Å². The highest BCUT2D eigenvalue weighted by atomic mass is 35.5. The molecule has 38 heavy (non-hydrogen) atoms. The van der Waals surface area contributed by atoms with Gasteiger partial charge in [0.1, 0.15) is 5.75 Å². The van der Waals surface area contributed by atoms with Crippen LogP contribution in [0.5, 0.6) is 5.75 Å². The molecular weight excluding hydrogens is 547 g/mol. The van der Waals surface area contributed by atoms with Gasteiger partial charge in [0.05, 0.1) is 22.8 Å². The number of methoxy groups -OCH3 is 1. The van der Waals surface area contributed by atoms with E-state index >= 15 is 0 Å². The molecule has 0 spiro atoms. The number of thiazole rings is 1. The molecule has 3 aromatic rings. The first kappa shape index (κ1) is 28.1. The number of halogens is 2. The van der Waals surface area contributed by atoms with Crippen molar-refractivity contribution in [3.05, 3.63) is 68.0 Å². The molecular formula is C28H28Cl2N2O5S. The van der Waals surface area contributed by atoms with Crippen LogP contribution in [0.15, 0.2) is 41.3 Å². The predicted molar refractivity (Wildman–Crippen MR) is 152 cm³/mol. The van der Waals surface area contributed by atoms with Gasteiger partial charge in [-0.1, -0.05) is 35.3 Å². The summed E-state index contributed by atoms with van der Waals surface area (Å²) in [5.41, 5.74) is 3.25. The fraction of sp³-hybridized carbons (Fsp3) is 0.321. The lowest BCUT2D eigenvalue weighted by Gasteiger charge is -2.12. The molecule has 1 amide bonds. The maximum absolute atomic E-state index is 12.9. The van der Waals surface area contributed by atoms with Crippen LogP contribution >= 0.6 is 34.5 Å². The number of amides is 1. The largest absolute Gasteiger partial charge is 0.496 e. The van der Waals surface area contributed by atoms with Crippen LogP contribution < -0.4 is 10.1 Å². The summed E-state index contributed by atoms with van der Waals surface area (Å²) in [6.07, 6.45) is 5.66. The Morgan fingerprint density at radius 1 is 1.24 bits per heavy atom. The molecule has 2 aromatic carbocycles. The van der Waals surface area contributed by atoms with Crippen molar-refractivity contribution >= 4 is 57.6 Å². The van der Waals surface area contributed by atoms with Crippen molar-refractivity contribution in [3.63, 3.8) is 0 Å². The molecule has 0 atom stereocenters. The first-order valence-electron chi connectivity index (χ1n) is 12.2. The zero-order valence-corrected chi connectivity index (χ0v) is 23.4. The highest BCUT2D eigenvalue weighted by molar-refractivity contribution is 7.14. The SMILES string of the molecule is COc1c(CCCOCC2CC2)cccc1-c1csc(NC(=O)c2cc(Cl)c(/C=C(\C)C(=O)O)c(Cl)c2)n1. The molecule has 200 valence electrons. The molecule has 1 aliphatic rings. The van der Waals surface area contributed by atoms with Crippen LogP contribution in [0.25, 0.3) is 17.3 Å². The van der Waals surface area contributed by atoms with Gasteiger partial charge in [-0.3, -0.25) is 10.1 Å². The monoisotopic (exact) mass is 574 g/mol. The highest BCUT2D eigenvalue weighted by Crippen LogP contribution is 2.36. The average Bonchev–Trinajstić information content (AvgIpc) is 3.60. The van der Waals surface area contributed by atoms with Crippen LogP contribution in [0.3, 0.4) is 0 Å². The Morgan fingerprint density at radius 2 is 1.97 bits per heavy atom. The highest BCUT2D eigenvalue weighted by Gasteiger charge is 2.21. The Balaban J connectivity index is 1.45. The maximum atomic E-state index is 12.9. The normalized spacial score (nSPS) is 13.4. The summed E-state index contributed by atoms with van der Waals surface area (Å²) >= 11 is 13.9. The van der Waals surface area contributed by atoms with Gasteiger partial charge < -0.3 is 14.6 Å². The number of carboxylic acid groups (broad SMARTS) is 1. The maximum Gasteiger partial charge on any atom is 0.331 e. The third-order valence-corrected chi connectivity index (χ3v) is 7.51. The summed E-state index contributed by atoms with van der Waals surface area (Å²) in [4.78, 5) is 28.6. The summed E-state index contributed by atoms with van der Waals surface area (Å²) in [5, 5.41) is 14.5. The molecule has 0 bridgehead atoms. The molecule has 7 nitrogen and oxygen atoms in total. The molecule has 1 aromatic heterocycles. The Kier molecular flexibility index (Phi) is 9.44. The molecule has 1 fully saturated rings. The Hall–Kier alpha value is -2.91. The Labute approximate surface area is 235 Å². The van der Waals surface area contributed by atoms with E-state index in [9.17, 15) is 9.59 Å². The van der Waals surface area contributed by atoms with Crippen LogP contribution in [0, 0.1) is 5.92 Å². The molecule has 0 unspecified atom stereocenters. The fourth-order valence-electron chi connectivity index (χ4n) is 3.88. The van der Waals surface area contributed by atoms with E-state index in [2.05, 4.69) is 10.3 Å². The van der Waals surface area contributed by atoms with E-state index in [0.29, 0.717) is 16.4 Å². The van der Waals surface area contributed by atoms with Crippen LogP contribution in [0.2, 0.25) is 10.0 Å². The molecule has 1 heterocycles. The number of carboxylic acids is 1. The molecule has 1 saturated carbocycles. The average molecular weight is 576 g/mol. The zero-order valence-electron chi connectivity index (χ0n) is 21.1. The van der Waals surface area contributed by atoms with Gasteiger partial charge in [0.25, 0.3) is 5.91 Å². The third kappa shape index (κ3) is 7.14. The van der Waals surface area contributed by atoms with Crippen molar-refractivity contribution in [1.82, 2.24) is 4.98 Å². The summed E-state index contributed by atoms with van der Waals surface area (Å²) in [6.45, 7) is 3.01. The van der Waals surface area contributed by atoms with Crippen LogP contribution in [-0.2, 0) is 16.0 Å². The minimum atomic E-state index is -1.08. The molecule has 2 N–H and O–H groups in total. The van der Waals surface area contributed by atoms with Gasteiger partial charge in [0.15, 0.2) is 5.13 Å². The summed E-state index contributed by atoms with van der Waals surface area (Å²) in [6, 6.07) is 8.85. The number of hydrogen-bond donors (Lipinski definition) is 2. The quantitative estimate of drug-likeness (QED) is 0.175. The van der Waals surface area contributed by atoms with Crippen molar-refractivity contribution in [2.75, 3.05) is 25.6 Å². The van der Waals surface area contributed by atoms with Crippen LogP contribution in [-0.4, -0.2) is 42.3 Å². The Morgan fingerprint density at radius 3 is 2.63 bits per heavy atom. The third-order valence-electron chi connectivity index (χ3n) is 6.13. The van der Waals surface area contributed by atoms with Gasteiger partial charge in [-0.05, 0) is 68.4 Å². The number of hydrogen-bond acceptors (Lipinski definition) is 6. The molecule has 0 radical (unpaired) electrons. The van der Waals surface area contributed by atoms with Crippen molar-refractivity contribution in [2.24, 2.45) is 5.92 Å². The number of carbonyl (C=O) groups excluding carboxylic acids is 1. The van der Waals surface area contributed by atoms with Crippen molar-refractivity contribution in [3.8, 4) is 17.0 Å². The number of aliphatic carboxylic acids is 1. The van der Waals surface area contributed by atoms with Gasteiger partial charge in [0.2, 0.25) is 0 Å². The molecule has 0 aliphatic heterocycles. The Bertz CT molecular complexity index is 1340. The van der Waals surface area contributed by atoms with E-state index in [-0.39, 0.29) is 21.2 Å². The second-order valence-corrected chi connectivity index (χ2v) is 10.8. The van der Waals surface area contributed by atoms with Crippen LogP contribution in [0.1, 0.15) is 47.7 Å². The number of carbonyl (C=O) groups is 2. The fourth-order valence-corrected chi connectivity index (χ4v) is 5.18. The molecule has 10 heteroatoms. The van der Waals surface area contributed by atoms with Gasteiger partial charge in [-0.2, -0.15) is 0 Å². The number of anilines is 1. The minimum absolute atomic E-state index is 0.0720. The minimum Gasteiger partial charge on any atom is -0.496 e. The second kappa shape index (κ2) is 12.8.